The van der Waals surface area contributed by atoms with Crippen LogP contribution >= 0.6 is 0 Å². The van der Waals surface area contributed by atoms with Gasteiger partial charge in [0.15, 0.2) is 5.84 Å². The van der Waals surface area contributed by atoms with Crippen LogP contribution in [0.4, 0.5) is 0 Å². The third-order valence-electron chi connectivity index (χ3n) is 2.27. The first kappa shape index (κ1) is 16.1. The van der Waals surface area contributed by atoms with Gasteiger partial charge in [-0.1, -0.05) is 6.07 Å². The molecule has 0 bridgehead atoms. The standard InChI is InChI=1S/C12H13N5O4/c1-6-2-3-7(11(14)17-8(18)4-13)16-10(6)12(21)15-5-9(19)20/h2-3,5H,4,13H2,1H3,(H,19,20)(H2,14,17,18). The van der Waals surface area contributed by atoms with E-state index in [0.29, 0.717) is 11.8 Å². The normalized spacial score (nSPS) is 11.6. The number of pyridine rings is 1. The molecule has 1 aromatic heterocycles. The van der Waals surface area contributed by atoms with Crippen LogP contribution in [-0.2, 0) is 9.59 Å². The van der Waals surface area contributed by atoms with Crippen LogP contribution in [0, 0.1) is 6.92 Å². The first-order valence-electron chi connectivity index (χ1n) is 5.71. The van der Waals surface area contributed by atoms with E-state index in [-0.39, 0.29) is 23.8 Å². The first-order valence-corrected chi connectivity index (χ1v) is 5.71. The Morgan fingerprint density at radius 3 is 2.62 bits per heavy atom. The van der Waals surface area contributed by atoms with Gasteiger partial charge in [0.05, 0.1) is 6.54 Å². The fraction of sp³-hybridized carbons (Fsp3) is 0.167. The molecular formula is C12H13N5O4. The van der Waals surface area contributed by atoms with Gasteiger partial charge in [-0.05, 0) is 18.6 Å². The predicted octanol–water partition coefficient (Wildman–Crippen LogP) is -1.12. The Bertz CT molecular complexity index is 651. The minimum Gasteiger partial charge on any atom is -0.477 e. The van der Waals surface area contributed by atoms with Crippen molar-refractivity contribution in [2.45, 2.75) is 6.92 Å². The Morgan fingerprint density at radius 1 is 1.38 bits per heavy atom. The maximum atomic E-state index is 11.7. The Balaban J connectivity index is 3.16. The van der Waals surface area contributed by atoms with Crippen molar-refractivity contribution >= 4 is 29.8 Å². The number of aliphatic imine (C=N–C) groups is 2. The zero-order chi connectivity index (χ0) is 16.0. The second-order valence-corrected chi connectivity index (χ2v) is 3.86. The Morgan fingerprint density at radius 2 is 2.05 bits per heavy atom. The van der Waals surface area contributed by atoms with Crippen molar-refractivity contribution < 1.29 is 19.5 Å². The number of rotatable bonds is 4. The minimum atomic E-state index is -1.35. The number of carbonyl (C=O) groups excluding carboxylic acids is 2. The lowest BCUT2D eigenvalue weighted by atomic mass is 10.2. The van der Waals surface area contributed by atoms with E-state index in [1.54, 1.807) is 6.92 Å². The molecule has 0 aliphatic rings. The first-order chi connectivity index (χ1) is 9.85. The quantitative estimate of drug-likeness (QED) is 0.467. The van der Waals surface area contributed by atoms with Crippen molar-refractivity contribution in [1.82, 2.24) is 4.98 Å². The van der Waals surface area contributed by atoms with E-state index < -0.39 is 17.8 Å². The number of amides is 2. The summed E-state index contributed by atoms with van der Waals surface area (Å²) in [7, 11) is 0. The fourth-order valence-corrected chi connectivity index (χ4v) is 1.30. The number of carboxylic acids is 1. The smallest absolute Gasteiger partial charge is 0.347 e. The molecule has 1 rings (SSSR count). The third-order valence-corrected chi connectivity index (χ3v) is 2.27. The van der Waals surface area contributed by atoms with Crippen LogP contribution in [0.3, 0.4) is 0 Å². The minimum absolute atomic E-state index is 0.0802. The van der Waals surface area contributed by atoms with Crippen LogP contribution in [0.2, 0.25) is 0 Å². The van der Waals surface area contributed by atoms with Crippen molar-refractivity contribution in [3.05, 3.63) is 29.1 Å². The number of carbonyl (C=O) groups is 3. The maximum absolute atomic E-state index is 11.7. The Hall–Kier alpha value is -2.94. The average molecular weight is 291 g/mol. The van der Waals surface area contributed by atoms with Gasteiger partial charge in [0.25, 0.3) is 11.8 Å². The zero-order valence-electron chi connectivity index (χ0n) is 11.1. The van der Waals surface area contributed by atoms with Crippen LogP contribution in [0.5, 0.6) is 0 Å². The van der Waals surface area contributed by atoms with Gasteiger partial charge in [-0.3, -0.25) is 9.59 Å². The number of aliphatic carboxylic acids is 1. The van der Waals surface area contributed by atoms with Gasteiger partial charge in [-0.15, -0.1) is 0 Å². The van der Waals surface area contributed by atoms with E-state index in [1.165, 1.54) is 12.1 Å². The van der Waals surface area contributed by atoms with Gasteiger partial charge >= 0.3 is 5.97 Å². The van der Waals surface area contributed by atoms with E-state index in [1.807, 2.05) is 0 Å². The fourth-order valence-electron chi connectivity index (χ4n) is 1.30. The molecule has 2 amide bonds. The summed E-state index contributed by atoms with van der Waals surface area (Å²) in [4.78, 5) is 43.8. The van der Waals surface area contributed by atoms with E-state index in [2.05, 4.69) is 15.0 Å². The third kappa shape index (κ3) is 4.58. The summed E-state index contributed by atoms with van der Waals surface area (Å²) in [5.74, 6) is -3.02. The lowest BCUT2D eigenvalue weighted by Crippen LogP contribution is -2.21. The average Bonchev–Trinajstić information content (AvgIpc) is 2.44. The highest BCUT2D eigenvalue weighted by molar-refractivity contribution is 6.25. The molecule has 21 heavy (non-hydrogen) atoms. The number of hydrogen-bond donors (Lipinski definition) is 3. The molecule has 0 radical (unpaired) electrons. The van der Waals surface area contributed by atoms with Gasteiger partial charge in [0.1, 0.15) is 17.6 Å². The van der Waals surface area contributed by atoms with E-state index in [0.717, 1.165) is 0 Å². The SMILES string of the molecule is Cc1ccc(C(N)=NC(=O)CN)nc1C(=O)N=CC(=O)O. The molecule has 9 heteroatoms. The molecule has 1 aromatic rings. The van der Waals surface area contributed by atoms with Gasteiger partial charge in [-0.25, -0.2) is 14.8 Å². The predicted molar refractivity (Wildman–Crippen MR) is 74.2 cm³/mol. The zero-order valence-corrected chi connectivity index (χ0v) is 11.1. The number of amidine groups is 1. The van der Waals surface area contributed by atoms with Crippen LogP contribution in [0.25, 0.3) is 0 Å². The van der Waals surface area contributed by atoms with Crippen LogP contribution < -0.4 is 11.5 Å². The molecule has 0 aliphatic carbocycles. The van der Waals surface area contributed by atoms with Crippen molar-refractivity contribution in [1.29, 1.82) is 0 Å². The molecule has 0 saturated heterocycles. The molecule has 0 fully saturated rings. The number of carboxylic acid groups (broad SMARTS) is 1. The highest BCUT2D eigenvalue weighted by Crippen LogP contribution is 2.08. The summed E-state index contributed by atoms with van der Waals surface area (Å²) < 4.78 is 0. The summed E-state index contributed by atoms with van der Waals surface area (Å²) in [6.07, 6.45) is 0.464. The van der Waals surface area contributed by atoms with Crippen molar-refractivity contribution in [2.24, 2.45) is 21.5 Å². The molecular weight excluding hydrogens is 278 g/mol. The molecule has 110 valence electrons. The highest BCUT2D eigenvalue weighted by Gasteiger charge is 2.13. The number of aryl methyl sites for hydroxylation is 1. The lowest BCUT2D eigenvalue weighted by molar-refractivity contribution is -0.128. The summed E-state index contributed by atoms with van der Waals surface area (Å²) >= 11 is 0. The second kappa shape index (κ2) is 7.01. The number of nitrogens with two attached hydrogens (primary N) is 2. The molecule has 0 aliphatic heterocycles. The maximum Gasteiger partial charge on any atom is 0.347 e. The monoisotopic (exact) mass is 291 g/mol. The number of nitrogens with zero attached hydrogens (tertiary/aromatic N) is 3. The van der Waals surface area contributed by atoms with Crippen molar-refractivity contribution in [2.75, 3.05) is 6.54 Å². The molecule has 0 unspecified atom stereocenters. The highest BCUT2D eigenvalue weighted by atomic mass is 16.4. The van der Waals surface area contributed by atoms with Gasteiger partial charge < -0.3 is 16.6 Å². The van der Waals surface area contributed by atoms with Crippen LogP contribution in [0.1, 0.15) is 21.7 Å². The molecule has 0 saturated carbocycles. The van der Waals surface area contributed by atoms with E-state index in [9.17, 15) is 14.4 Å². The van der Waals surface area contributed by atoms with E-state index in [4.69, 9.17) is 16.6 Å². The van der Waals surface area contributed by atoms with Gasteiger partial charge in [-0.2, -0.15) is 4.99 Å². The van der Waals surface area contributed by atoms with Crippen LogP contribution in [-0.4, -0.2) is 46.5 Å². The topological polar surface area (TPSA) is 161 Å². The lowest BCUT2D eigenvalue weighted by Gasteiger charge is -2.04. The van der Waals surface area contributed by atoms with Crippen LogP contribution in [0.15, 0.2) is 22.1 Å². The Labute approximate surface area is 119 Å². The van der Waals surface area contributed by atoms with Crippen molar-refractivity contribution in [3.63, 3.8) is 0 Å². The second-order valence-electron chi connectivity index (χ2n) is 3.86. The number of aromatic nitrogens is 1. The van der Waals surface area contributed by atoms with Crippen molar-refractivity contribution in [3.8, 4) is 0 Å². The summed E-state index contributed by atoms with van der Waals surface area (Å²) in [5.41, 5.74) is 11.2. The Kier molecular flexibility index (Phi) is 5.38. The molecule has 0 aromatic carbocycles. The summed E-state index contributed by atoms with van der Waals surface area (Å²) in [6, 6.07) is 3.00. The van der Waals surface area contributed by atoms with Gasteiger partial charge in [0.2, 0.25) is 0 Å². The van der Waals surface area contributed by atoms with Gasteiger partial charge in [0, 0.05) is 0 Å². The summed E-state index contributed by atoms with van der Waals surface area (Å²) in [6.45, 7) is 1.29. The summed E-state index contributed by atoms with van der Waals surface area (Å²) in [5, 5.41) is 8.44. The molecule has 0 atom stereocenters. The largest absolute Gasteiger partial charge is 0.477 e. The van der Waals surface area contributed by atoms with E-state index >= 15 is 0 Å². The molecule has 0 spiro atoms. The molecule has 5 N–H and O–H groups in total. The molecule has 9 nitrogen and oxygen atoms in total. The molecule has 1 heterocycles. The number of hydrogen-bond acceptors (Lipinski definition) is 5.